The van der Waals surface area contributed by atoms with E-state index in [-0.39, 0.29) is 24.3 Å². The van der Waals surface area contributed by atoms with Crippen LogP contribution in [0.3, 0.4) is 0 Å². The van der Waals surface area contributed by atoms with Crippen molar-refractivity contribution >= 4 is 39.5 Å². The lowest BCUT2D eigenvalue weighted by Gasteiger charge is -2.20. The Morgan fingerprint density at radius 2 is 1.86 bits per heavy atom. The van der Waals surface area contributed by atoms with Crippen molar-refractivity contribution in [3.8, 4) is 11.1 Å². The number of urea groups is 1. The Bertz CT molecular complexity index is 914. The van der Waals surface area contributed by atoms with Crippen LogP contribution in [-0.4, -0.2) is 49.5 Å². The summed E-state index contributed by atoms with van der Waals surface area (Å²) < 4.78 is 5.44. The highest BCUT2D eigenvalue weighted by Crippen LogP contribution is 2.33. The number of hydrogen-bond donors (Lipinski definition) is 2. The zero-order chi connectivity index (χ0) is 20.3. The van der Waals surface area contributed by atoms with Crippen LogP contribution >= 0.6 is 15.9 Å². The molecule has 28 heavy (non-hydrogen) atoms. The van der Waals surface area contributed by atoms with Crippen LogP contribution in [0.1, 0.15) is 12.0 Å². The van der Waals surface area contributed by atoms with E-state index < -0.39 is 0 Å². The van der Waals surface area contributed by atoms with Crippen molar-refractivity contribution < 1.29 is 14.3 Å². The first kappa shape index (κ1) is 19.9. The molecule has 2 amide bonds. The Morgan fingerprint density at radius 3 is 2.46 bits per heavy atom. The number of carbonyl (C=O) groups is 2. The molecule has 146 valence electrons. The molecule has 0 unspecified atom stereocenters. The molecule has 8 heteroatoms. The van der Waals surface area contributed by atoms with Gasteiger partial charge in [-0.25, -0.2) is 4.79 Å². The summed E-state index contributed by atoms with van der Waals surface area (Å²) in [6.45, 7) is 1.47. The quantitative estimate of drug-likeness (QED) is 0.405. The second kappa shape index (κ2) is 8.43. The van der Waals surface area contributed by atoms with E-state index in [0.717, 1.165) is 21.3 Å². The van der Waals surface area contributed by atoms with Gasteiger partial charge < -0.3 is 15.4 Å². The molecule has 0 aromatic heterocycles. The number of amides is 2. The van der Waals surface area contributed by atoms with Crippen molar-refractivity contribution in [1.29, 1.82) is 5.41 Å². The summed E-state index contributed by atoms with van der Waals surface area (Å²) in [7, 11) is 1.34. The number of anilines is 1. The number of nitrogen functional groups attached to an aromatic ring is 1. The average molecular weight is 445 g/mol. The smallest absolute Gasteiger partial charge is 0.324 e. The van der Waals surface area contributed by atoms with Gasteiger partial charge in [0.25, 0.3) is 0 Å². The number of nitrogens with zero attached hydrogens (tertiary/aromatic N) is 2. The number of esters is 1. The van der Waals surface area contributed by atoms with Gasteiger partial charge in [-0.15, -0.1) is 0 Å². The predicted octanol–water partition coefficient (Wildman–Crippen LogP) is 3.21. The molecular weight excluding hydrogens is 424 g/mol. The van der Waals surface area contributed by atoms with Crippen molar-refractivity contribution in [3.63, 3.8) is 0 Å². The lowest BCUT2D eigenvalue weighted by Crippen LogP contribution is -2.33. The molecule has 0 bridgehead atoms. The lowest BCUT2D eigenvalue weighted by atomic mass is 10.0. The van der Waals surface area contributed by atoms with Crippen LogP contribution < -0.4 is 10.6 Å². The molecule has 7 nitrogen and oxygen atoms in total. The lowest BCUT2D eigenvalue weighted by molar-refractivity contribution is -0.140. The summed E-state index contributed by atoms with van der Waals surface area (Å²) in [6.07, 6.45) is 0.187. The largest absolute Gasteiger partial charge is 0.469 e. The maximum atomic E-state index is 12.7. The molecule has 1 fully saturated rings. The summed E-state index contributed by atoms with van der Waals surface area (Å²) >= 11 is 3.57. The van der Waals surface area contributed by atoms with Gasteiger partial charge in [-0.3, -0.25) is 15.1 Å². The molecular formula is C20H21BrN4O3. The SMILES string of the molecule is COC(=O)CCN1CCN(c2ccc(-c3ccc(C(=N)N)cc3)cc2Br)C1=O. The summed E-state index contributed by atoms with van der Waals surface area (Å²) in [5.41, 5.74) is 8.93. The minimum atomic E-state index is -0.326. The monoisotopic (exact) mass is 444 g/mol. The van der Waals surface area contributed by atoms with Gasteiger partial charge in [0.2, 0.25) is 0 Å². The minimum absolute atomic E-state index is 0.0346. The zero-order valence-corrected chi connectivity index (χ0v) is 17.0. The Kier molecular flexibility index (Phi) is 5.99. The van der Waals surface area contributed by atoms with Gasteiger partial charge in [0, 0.05) is 29.7 Å². The third-order valence-corrected chi connectivity index (χ3v) is 5.31. The van der Waals surface area contributed by atoms with Crippen LogP contribution in [0.4, 0.5) is 10.5 Å². The number of rotatable bonds is 6. The van der Waals surface area contributed by atoms with E-state index in [1.54, 1.807) is 9.80 Å². The molecule has 1 aliphatic heterocycles. The Morgan fingerprint density at radius 1 is 1.18 bits per heavy atom. The molecule has 0 aliphatic carbocycles. The van der Waals surface area contributed by atoms with Crippen molar-refractivity contribution in [2.75, 3.05) is 31.6 Å². The number of benzene rings is 2. The predicted molar refractivity (Wildman–Crippen MR) is 112 cm³/mol. The Balaban J connectivity index is 1.75. The van der Waals surface area contributed by atoms with Crippen LogP contribution in [-0.2, 0) is 9.53 Å². The van der Waals surface area contributed by atoms with Gasteiger partial charge in [-0.05, 0) is 39.2 Å². The summed E-state index contributed by atoms with van der Waals surface area (Å²) in [6, 6.07) is 13.1. The summed E-state index contributed by atoms with van der Waals surface area (Å²) in [5, 5.41) is 7.47. The number of nitrogens with two attached hydrogens (primary N) is 1. The highest BCUT2D eigenvalue weighted by Gasteiger charge is 2.30. The molecule has 1 saturated heterocycles. The number of amidine groups is 1. The third-order valence-electron chi connectivity index (χ3n) is 4.68. The number of carbonyl (C=O) groups excluding carboxylic acids is 2. The number of ether oxygens (including phenoxy) is 1. The van der Waals surface area contributed by atoms with E-state index in [1.165, 1.54) is 7.11 Å². The molecule has 2 aromatic rings. The van der Waals surface area contributed by atoms with Crippen LogP contribution in [0.25, 0.3) is 11.1 Å². The minimum Gasteiger partial charge on any atom is -0.469 e. The van der Waals surface area contributed by atoms with E-state index in [1.807, 2.05) is 42.5 Å². The molecule has 3 N–H and O–H groups in total. The van der Waals surface area contributed by atoms with Gasteiger partial charge in [-0.1, -0.05) is 30.3 Å². The fourth-order valence-corrected chi connectivity index (χ4v) is 3.68. The molecule has 3 rings (SSSR count). The molecule has 0 atom stereocenters. The van der Waals surface area contributed by atoms with E-state index in [4.69, 9.17) is 11.1 Å². The highest BCUT2D eigenvalue weighted by molar-refractivity contribution is 9.10. The fourth-order valence-electron chi connectivity index (χ4n) is 3.09. The van der Waals surface area contributed by atoms with E-state index in [9.17, 15) is 9.59 Å². The second-order valence-electron chi connectivity index (χ2n) is 6.40. The van der Waals surface area contributed by atoms with Crippen molar-refractivity contribution in [2.45, 2.75) is 6.42 Å². The number of halogens is 1. The van der Waals surface area contributed by atoms with Crippen molar-refractivity contribution in [3.05, 3.63) is 52.5 Å². The van der Waals surface area contributed by atoms with E-state index >= 15 is 0 Å². The van der Waals surface area contributed by atoms with Crippen LogP contribution in [0.5, 0.6) is 0 Å². The second-order valence-corrected chi connectivity index (χ2v) is 7.26. The molecule has 0 radical (unpaired) electrons. The van der Waals surface area contributed by atoms with Gasteiger partial charge in [0.05, 0.1) is 19.2 Å². The van der Waals surface area contributed by atoms with E-state index in [2.05, 4.69) is 20.7 Å². The van der Waals surface area contributed by atoms with Crippen molar-refractivity contribution in [1.82, 2.24) is 4.90 Å². The topological polar surface area (TPSA) is 99.7 Å². The summed E-state index contributed by atoms with van der Waals surface area (Å²) in [4.78, 5) is 27.3. The first-order chi connectivity index (χ1) is 13.4. The Labute approximate surface area is 171 Å². The number of methoxy groups -OCH3 is 1. The first-order valence-corrected chi connectivity index (χ1v) is 9.57. The molecule has 0 spiro atoms. The van der Waals surface area contributed by atoms with Crippen LogP contribution in [0, 0.1) is 5.41 Å². The van der Waals surface area contributed by atoms with Gasteiger partial charge in [-0.2, -0.15) is 0 Å². The zero-order valence-electron chi connectivity index (χ0n) is 15.4. The maximum Gasteiger partial charge on any atom is 0.324 e. The normalized spacial score (nSPS) is 13.7. The molecule has 0 saturated carbocycles. The average Bonchev–Trinajstić information content (AvgIpc) is 3.06. The third kappa shape index (κ3) is 4.17. The van der Waals surface area contributed by atoms with E-state index in [0.29, 0.717) is 25.2 Å². The van der Waals surface area contributed by atoms with Crippen LogP contribution in [0.2, 0.25) is 0 Å². The van der Waals surface area contributed by atoms with Gasteiger partial charge in [0.15, 0.2) is 0 Å². The molecule has 1 aliphatic rings. The number of hydrogen-bond acceptors (Lipinski definition) is 4. The van der Waals surface area contributed by atoms with Crippen LogP contribution in [0.15, 0.2) is 46.9 Å². The standard InChI is InChI=1S/C20H21BrN4O3/c1-28-18(26)8-9-24-10-11-25(20(24)27)17-7-6-15(12-16(17)21)13-2-4-14(5-3-13)19(22)23/h2-7,12H,8-11H2,1H3,(H3,22,23). The maximum absolute atomic E-state index is 12.7. The van der Waals surface area contributed by atoms with Crippen molar-refractivity contribution in [2.24, 2.45) is 5.73 Å². The fraction of sp³-hybridized carbons (Fsp3) is 0.250. The van der Waals surface area contributed by atoms with Gasteiger partial charge >= 0.3 is 12.0 Å². The Hall–Kier alpha value is -2.87. The van der Waals surface area contributed by atoms with Gasteiger partial charge in [0.1, 0.15) is 5.84 Å². The molecule has 1 heterocycles. The molecule has 2 aromatic carbocycles. The summed E-state index contributed by atoms with van der Waals surface area (Å²) in [5.74, 6) is -0.292. The highest BCUT2D eigenvalue weighted by atomic mass is 79.9. The number of nitrogens with one attached hydrogen (secondary N) is 1. The first-order valence-electron chi connectivity index (χ1n) is 8.78.